The van der Waals surface area contributed by atoms with Crippen molar-refractivity contribution >= 4 is 0 Å². The minimum atomic E-state index is 0.593. The van der Waals surface area contributed by atoms with E-state index in [2.05, 4.69) is 41.5 Å². The monoisotopic (exact) mass is 240 g/mol. The molecule has 0 spiro atoms. The molecule has 4 unspecified atom stereocenters. The summed E-state index contributed by atoms with van der Waals surface area (Å²) < 4.78 is 0. The lowest BCUT2D eigenvalue weighted by atomic mass is 9.90. The van der Waals surface area contributed by atoms with E-state index in [1.54, 1.807) is 0 Å². The van der Waals surface area contributed by atoms with E-state index in [4.69, 9.17) is 5.32 Å². The molecule has 0 saturated heterocycles. The summed E-state index contributed by atoms with van der Waals surface area (Å²) in [5.74, 6) is 1.50. The van der Waals surface area contributed by atoms with E-state index >= 15 is 0 Å². The summed E-state index contributed by atoms with van der Waals surface area (Å²) in [6, 6.07) is 1.19. The molecule has 103 valence electrons. The van der Waals surface area contributed by atoms with Gasteiger partial charge in [-0.25, -0.2) is 5.32 Å². The second kappa shape index (κ2) is 9.94. The molecule has 0 aliphatic heterocycles. The SMILES string of the molecule is CCCC([N]C(CCC)C(C)CC)C(C)CC. The molecule has 0 aliphatic carbocycles. The predicted molar refractivity (Wildman–Crippen MR) is 78.4 cm³/mol. The number of nitrogens with zero attached hydrogens (tertiary/aromatic N) is 1. The summed E-state index contributed by atoms with van der Waals surface area (Å²) in [5, 5.41) is 5.20. The van der Waals surface area contributed by atoms with Crippen LogP contribution in [0.4, 0.5) is 0 Å². The van der Waals surface area contributed by atoms with Gasteiger partial charge in [-0.05, 0) is 24.7 Å². The maximum atomic E-state index is 5.20. The highest BCUT2D eigenvalue weighted by molar-refractivity contribution is 4.80. The van der Waals surface area contributed by atoms with Gasteiger partial charge >= 0.3 is 0 Å². The van der Waals surface area contributed by atoms with Gasteiger partial charge in [0.2, 0.25) is 0 Å². The zero-order valence-corrected chi connectivity index (χ0v) is 13.0. The zero-order chi connectivity index (χ0) is 13.3. The average Bonchev–Trinajstić information content (AvgIpc) is 2.35. The Morgan fingerprint density at radius 3 is 1.29 bits per heavy atom. The van der Waals surface area contributed by atoms with E-state index in [1.807, 2.05) is 0 Å². The first kappa shape index (κ1) is 17.0. The van der Waals surface area contributed by atoms with Gasteiger partial charge in [-0.2, -0.15) is 0 Å². The highest BCUT2D eigenvalue weighted by Gasteiger charge is 2.23. The molecule has 0 fully saturated rings. The van der Waals surface area contributed by atoms with Crippen molar-refractivity contribution in [3.63, 3.8) is 0 Å². The van der Waals surface area contributed by atoms with Gasteiger partial charge in [0.1, 0.15) is 0 Å². The van der Waals surface area contributed by atoms with E-state index in [1.165, 1.54) is 38.5 Å². The third-order valence-corrected chi connectivity index (χ3v) is 4.15. The van der Waals surface area contributed by atoms with Crippen LogP contribution in [0.5, 0.6) is 0 Å². The highest BCUT2D eigenvalue weighted by atomic mass is 15.0. The first-order valence-electron chi connectivity index (χ1n) is 7.80. The molecule has 17 heavy (non-hydrogen) atoms. The van der Waals surface area contributed by atoms with E-state index < -0.39 is 0 Å². The Labute approximate surface area is 110 Å². The van der Waals surface area contributed by atoms with Crippen LogP contribution in [0.2, 0.25) is 0 Å². The highest BCUT2D eigenvalue weighted by Crippen LogP contribution is 2.20. The minimum absolute atomic E-state index is 0.593. The molecule has 0 heterocycles. The number of rotatable bonds is 10. The fourth-order valence-corrected chi connectivity index (χ4v) is 2.39. The molecular formula is C16H34N. The standard InChI is InChI=1S/C16H34N/c1-7-11-15(13(5)9-3)17-16(12-8-2)14(6)10-4/h13-16H,7-12H2,1-6H3. The first-order valence-corrected chi connectivity index (χ1v) is 7.80. The molecule has 1 nitrogen and oxygen atoms in total. The molecule has 1 heteroatoms. The Balaban J connectivity index is 4.43. The van der Waals surface area contributed by atoms with E-state index in [9.17, 15) is 0 Å². The second-order valence-electron chi connectivity index (χ2n) is 5.63. The molecule has 0 N–H and O–H groups in total. The lowest BCUT2D eigenvalue weighted by Crippen LogP contribution is -2.39. The molecule has 0 aliphatic rings. The molecule has 1 radical (unpaired) electrons. The van der Waals surface area contributed by atoms with Crippen molar-refractivity contribution in [2.45, 2.75) is 92.2 Å². The van der Waals surface area contributed by atoms with Crippen LogP contribution in [0, 0.1) is 11.8 Å². The maximum absolute atomic E-state index is 5.20. The largest absolute Gasteiger partial charge is 0.235 e. The molecule has 0 aromatic heterocycles. The van der Waals surface area contributed by atoms with Crippen LogP contribution in [0.3, 0.4) is 0 Å². The second-order valence-corrected chi connectivity index (χ2v) is 5.63. The Morgan fingerprint density at radius 2 is 1.06 bits per heavy atom. The Bertz CT molecular complexity index is 149. The fourth-order valence-electron chi connectivity index (χ4n) is 2.39. The molecule has 0 rings (SSSR count). The average molecular weight is 240 g/mol. The summed E-state index contributed by atoms with van der Waals surface area (Å²) in [6.07, 6.45) is 7.58. The quantitative estimate of drug-likeness (QED) is 0.509. The van der Waals surface area contributed by atoms with Crippen LogP contribution in [-0.4, -0.2) is 12.1 Å². The summed E-state index contributed by atoms with van der Waals surface area (Å²) in [7, 11) is 0. The van der Waals surface area contributed by atoms with Crippen LogP contribution >= 0.6 is 0 Å². The molecule has 4 atom stereocenters. The minimum Gasteiger partial charge on any atom is -0.235 e. The maximum Gasteiger partial charge on any atom is 0.0274 e. The zero-order valence-electron chi connectivity index (χ0n) is 13.0. The number of hydrogen-bond donors (Lipinski definition) is 0. The summed E-state index contributed by atoms with van der Waals surface area (Å²) >= 11 is 0. The van der Waals surface area contributed by atoms with Crippen molar-refractivity contribution in [2.24, 2.45) is 11.8 Å². The third-order valence-electron chi connectivity index (χ3n) is 4.15. The van der Waals surface area contributed by atoms with Crippen LogP contribution in [0.15, 0.2) is 0 Å². The molecule has 0 amide bonds. The summed E-state index contributed by atoms with van der Waals surface area (Å²) in [4.78, 5) is 0. The van der Waals surface area contributed by atoms with Gasteiger partial charge in [-0.15, -0.1) is 0 Å². The van der Waals surface area contributed by atoms with Crippen LogP contribution in [0.25, 0.3) is 0 Å². The summed E-state index contributed by atoms with van der Waals surface area (Å²) in [5.41, 5.74) is 0. The van der Waals surface area contributed by atoms with Gasteiger partial charge in [0, 0.05) is 12.1 Å². The van der Waals surface area contributed by atoms with Gasteiger partial charge in [0.25, 0.3) is 0 Å². The molecule has 0 aromatic rings. The van der Waals surface area contributed by atoms with Gasteiger partial charge in [-0.3, -0.25) is 0 Å². The van der Waals surface area contributed by atoms with E-state index in [0.29, 0.717) is 12.1 Å². The Morgan fingerprint density at radius 1 is 0.706 bits per heavy atom. The molecule has 0 saturated carbocycles. The van der Waals surface area contributed by atoms with Gasteiger partial charge in [-0.1, -0.05) is 67.2 Å². The smallest absolute Gasteiger partial charge is 0.0274 e. The van der Waals surface area contributed by atoms with Gasteiger partial charge in [0.05, 0.1) is 0 Å². The van der Waals surface area contributed by atoms with Crippen LogP contribution in [-0.2, 0) is 0 Å². The van der Waals surface area contributed by atoms with E-state index in [-0.39, 0.29) is 0 Å². The Hall–Kier alpha value is -0.0400. The van der Waals surface area contributed by atoms with Gasteiger partial charge < -0.3 is 0 Å². The van der Waals surface area contributed by atoms with E-state index in [0.717, 1.165) is 11.8 Å². The topological polar surface area (TPSA) is 14.1 Å². The van der Waals surface area contributed by atoms with Crippen molar-refractivity contribution in [3.8, 4) is 0 Å². The van der Waals surface area contributed by atoms with Crippen molar-refractivity contribution < 1.29 is 0 Å². The van der Waals surface area contributed by atoms with Crippen LogP contribution in [0.1, 0.15) is 80.1 Å². The molecular weight excluding hydrogens is 206 g/mol. The normalized spacial score (nSPS) is 18.7. The fraction of sp³-hybridized carbons (Fsp3) is 1.00. The van der Waals surface area contributed by atoms with Crippen molar-refractivity contribution in [1.29, 1.82) is 0 Å². The van der Waals surface area contributed by atoms with Crippen molar-refractivity contribution in [2.75, 3.05) is 0 Å². The lowest BCUT2D eigenvalue weighted by Gasteiger charge is -2.30. The third kappa shape index (κ3) is 6.45. The Kier molecular flexibility index (Phi) is 9.91. The summed E-state index contributed by atoms with van der Waals surface area (Å²) in [6.45, 7) is 13.9. The predicted octanol–water partition coefficient (Wildman–Crippen LogP) is 5.02. The van der Waals surface area contributed by atoms with Crippen LogP contribution < -0.4 is 5.32 Å². The number of hydrogen-bond acceptors (Lipinski definition) is 0. The molecule has 0 aromatic carbocycles. The van der Waals surface area contributed by atoms with Crippen molar-refractivity contribution in [1.82, 2.24) is 5.32 Å². The lowest BCUT2D eigenvalue weighted by molar-refractivity contribution is 0.248. The van der Waals surface area contributed by atoms with Crippen molar-refractivity contribution in [3.05, 3.63) is 0 Å². The van der Waals surface area contributed by atoms with Gasteiger partial charge in [0.15, 0.2) is 0 Å². The first-order chi connectivity index (χ1) is 8.10. The molecule has 0 bridgehead atoms.